The van der Waals surface area contributed by atoms with Gasteiger partial charge in [0, 0.05) is 44.2 Å². The van der Waals surface area contributed by atoms with Crippen LogP contribution in [0.5, 0.6) is 5.75 Å². The van der Waals surface area contributed by atoms with E-state index >= 15 is 0 Å². The third-order valence-electron chi connectivity index (χ3n) is 9.21. The first-order valence-corrected chi connectivity index (χ1v) is 18.3. The number of rotatable bonds is 12. The number of nitrogens with one attached hydrogen (secondary N) is 1. The number of aliphatic hydroxyl groups excluding tert-OH is 1. The molecule has 2 aromatic carbocycles. The minimum atomic E-state index is -3.92. The van der Waals surface area contributed by atoms with Crippen LogP contribution in [-0.4, -0.2) is 99.5 Å². The number of thiophene rings is 1. The molecule has 2 saturated heterocycles. The fourth-order valence-corrected chi connectivity index (χ4v) is 8.68. The zero-order valence-electron chi connectivity index (χ0n) is 26.7. The van der Waals surface area contributed by atoms with Crippen molar-refractivity contribution < 1.29 is 37.3 Å². The Morgan fingerprint density at radius 3 is 2.52 bits per heavy atom. The molecule has 3 aliphatic rings. The van der Waals surface area contributed by atoms with Gasteiger partial charge in [-0.3, -0.25) is 9.59 Å². The van der Waals surface area contributed by atoms with Crippen LogP contribution in [0.3, 0.4) is 0 Å². The van der Waals surface area contributed by atoms with Gasteiger partial charge in [0.25, 0.3) is 5.91 Å². The van der Waals surface area contributed by atoms with Crippen molar-refractivity contribution in [2.45, 2.75) is 41.9 Å². The van der Waals surface area contributed by atoms with E-state index in [1.165, 1.54) is 19.2 Å². The quantitative estimate of drug-likeness (QED) is 0.293. The molecule has 0 radical (unpaired) electrons. The summed E-state index contributed by atoms with van der Waals surface area (Å²) in [5, 5.41) is 16.6. The van der Waals surface area contributed by atoms with Crippen LogP contribution in [0.25, 0.3) is 0 Å². The summed E-state index contributed by atoms with van der Waals surface area (Å²) in [7, 11) is -2.42. The molecule has 3 aromatic rings. The predicted molar refractivity (Wildman–Crippen MR) is 180 cm³/mol. The van der Waals surface area contributed by atoms with Crippen molar-refractivity contribution in [1.29, 1.82) is 0 Å². The highest BCUT2D eigenvalue weighted by molar-refractivity contribution is 7.89. The number of hydrogen-bond acceptors (Lipinski definition) is 10. The number of para-hydroxylation sites is 1. The molecule has 4 heterocycles. The normalized spacial score (nSPS) is 20.8. The van der Waals surface area contributed by atoms with Gasteiger partial charge in [-0.1, -0.05) is 18.2 Å². The second-order valence-electron chi connectivity index (χ2n) is 11.9. The van der Waals surface area contributed by atoms with Gasteiger partial charge >= 0.3 is 0 Å². The number of hydrogen-bond donors (Lipinski definition) is 2. The number of benzene rings is 2. The highest BCUT2D eigenvalue weighted by Gasteiger charge is 2.51. The van der Waals surface area contributed by atoms with Crippen LogP contribution in [0, 0.1) is 0 Å². The predicted octanol–water partition coefficient (Wildman–Crippen LogP) is 3.13. The van der Waals surface area contributed by atoms with E-state index in [4.69, 9.17) is 14.2 Å². The fourth-order valence-electron chi connectivity index (χ4n) is 6.54. The third-order valence-corrected chi connectivity index (χ3v) is 11.8. The first kappa shape index (κ1) is 33.9. The first-order valence-electron chi connectivity index (χ1n) is 15.9. The van der Waals surface area contributed by atoms with Gasteiger partial charge in [0.15, 0.2) is 5.76 Å². The van der Waals surface area contributed by atoms with Gasteiger partial charge < -0.3 is 34.4 Å². The van der Waals surface area contributed by atoms with E-state index in [2.05, 4.69) is 10.2 Å². The molecular weight excluding hydrogens is 657 g/mol. The number of carbonyl (C=O) groups excluding carboxylic acids is 2. The van der Waals surface area contributed by atoms with Crippen molar-refractivity contribution in [1.82, 2.24) is 14.5 Å². The van der Waals surface area contributed by atoms with Crippen molar-refractivity contribution >= 4 is 38.9 Å². The summed E-state index contributed by atoms with van der Waals surface area (Å²) in [6.45, 7) is 0.658. The Hall–Kier alpha value is -3.95. The maximum absolute atomic E-state index is 13.9. The molecule has 0 saturated carbocycles. The Morgan fingerprint density at radius 2 is 1.85 bits per heavy atom. The second kappa shape index (κ2) is 14.7. The topological polar surface area (TPSA) is 138 Å². The smallest absolute Gasteiger partial charge is 0.288 e. The van der Waals surface area contributed by atoms with Crippen molar-refractivity contribution in [3.63, 3.8) is 0 Å². The molecule has 0 bridgehead atoms. The van der Waals surface area contributed by atoms with Crippen LogP contribution in [-0.2, 0) is 29.1 Å². The maximum Gasteiger partial charge on any atom is 0.288 e. The minimum absolute atomic E-state index is 0.0193. The summed E-state index contributed by atoms with van der Waals surface area (Å²) in [6, 6.07) is 17.9. The number of carbonyl (C=O) groups is 2. The van der Waals surface area contributed by atoms with E-state index in [9.17, 15) is 23.1 Å². The van der Waals surface area contributed by atoms with E-state index in [0.29, 0.717) is 44.8 Å². The van der Waals surface area contributed by atoms with Crippen molar-refractivity contribution in [3.8, 4) is 5.75 Å². The molecule has 6 rings (SSSR count). The molecule has 0 unspecified atom stereocenters. The second-order valence-corrected chi connectivity index (χ2v) is 14.6. The van der Waals surface area contributed by atoms with Crippen LogP contribution in [0.4, 0.5) is 5.69 Å². The van der Waals surface area contributed by atoms with Gasteiger partial charge in [-0.25, -0.2) is 8.42 Å². The van der Waals surface area contributed by atoms with Gasteiger partial charge in [-0.2, -0.15) is 15.6 Å². The lowest BCUT2D eigenvalue weighted by Gasteiger charge is -2.43. The molecule has 48 heavy (non-hydrogen) atoms. The standard InChI is InChI=1S/C34H40N4O8S2/c1-44-28-7-9-29(10-8-28)48(42,43)37(16-18-39)17-19-45-31-22-26(25-11-20-47-23-25)21-30(46-31)32(40)36-14-12-34(13-15-36)33(41)35-24-38(34)27-5-3-2-4-6-27/h2-11,20-21,23,26,31,39H,12-19,22,24H2,1H3,(H,35,41)/t26-,31+/m1/s1. The largest absolute Gasteiger partial charge is 0.497 e. The summed E-state index contributed by atoms with van der Waals surface area (Å²) in [5.74, 6) is 0.262. The van der Waals surface area contributed by atoms with Gasteiger partial charge in [0.05, 0.1) is 31.9 Å². The van der Waals surface area contributed by atoms with Crippen LogP contribution in [0.15, 0.2) is 88.2 Å². The van der Waals surface area contributed by atoms with E-state index in [0.717, 1.165) is 15.6 Å². The lowest BCUT2D eigenvalue weighted by molar-refractivity contribution is -0.154. The van der Waals surface area contributed by atoms with Crippen LogP contribution in [0.2, 0.25) is 0 Å². The highest BCUT2D eigenvalue weighted by atomic mass is 32.2. The van der Waals surface area contributed by atoms with Crippen LogP contribution < -0.4 is 15.0 Å². The minimum Gasteiger partial charge on any atom is -0.497 e. The van der Waals surface area contributed by atoms with Crippen LogP contribution >= 0.6 is 11.3 Å². The molecule has 2 fully saturated rings. The summed E-state index contributed by atoms with van der Waals surface area (Å²) >= 11 is 1.56. The number of methoxy groups -OCH3 is 1. The Morgan fingerprint density at radius 1 is 1.10 bits per heavy atom. The molecule has 2 atom stereocenters. The zero-order chi connectivity index (χ0) is 33.7. The molecule has 1 aromatic heterocycles. The molecule has 12 nitrogen and oxygen atoms in total. The molecule has 0 aliphatic carbocycles. The fraction of sp³-hybridized carbons (Fsp3) is 0.412. The number of aliphatic hydroxyl groups is 1. The van der Waals surface area contributed by atoms with E-state index < -0.39 is 21.9 Å². The summed E-state index contributed by atoms with van der Waals surface area (Å²) in [6.07, 6.45) is 2.42. The molecule has 2 N–H and O–H groups in total. The van der Waals surface area contributed by atoms with Gasteiger partial charge in [-0.15, -0.1) is 0 Å². The molecule has 2 amide bonds. The van der Waals surface area contributed by atoms with Crippen molar-refractivity contribution in [2.24, 2.45) is 0 Å². The Labute approximate surface area is 284 Å². The van der Waals surface area contributed by atoms with E-state index in [1.807, 2.05) is 53.2 Å². The summed E-state index contributed by atoms with van der Waals surface area (Å²) in [4.78, 5) is 30.9. The number of nitrogens with zero attached hydrogens (tertiary/aromatic N) is 3. The van der Waals surface area contributed by atoms with E-state index in [-0.39, 0.29) is 54.7 Å². The zero-order valence-corrected chi connectivity index (χ0v) is 28.3. The molecule has 1 spiro atoms. The maximum atomic E-state index is 13.9. The van der Waals surface area contributed by atoms with Crippen molar-refractivity contribution in [2.75, 3.05) is 58.1 Å². The number of piperidine rings is 1. The van der Waals surface area contributed by atoms with E-state index in [1.54, 1.807) is 28.4 Å². The van der Waals surface area contributed by atoms with Crippen LogP contribution in [0.1, 0.15) is 30.7 Å². The van der Waals surface area contributed by atoms with Gasteiger partial charge in [0.1, 0.15) is 11.3 Å². The monoisotopic (exact) mass is 696 g/mol. The molecule has 14 heteroatoms. The lowest BCUT2D eigenvalue weighted by Crippen LogP contribution is -2.57. The number of ether oxygens (including phenoxy) is 3. The average Bonchev–Trinajstić information content (AvgIpc) is 3.77. The van der Waals surface area contributed by atoms with Crippen molar-refractivity contribution in [3.05, 3.63) is 88.8 Å². The first-order chi connectivity index (χ1) is 23.2. The Balaban J connectivity index is 1.12. The lowest BCUT2D eigenvalue weighted by atomic mass is 9.85. The van der Waals surface area contributed by atoms with Gasteiger partial charge in [0.2, 0.25) is 22.2 Å². The number of sulfonamides is 1. The Kier molecular flexibility index (Phi) is 10.4. The number of likely N-dealkylation sites (tertiary alicyclic amines) is 1. The highest BCUT2D eigenvalue weighted by Crippen LogP contribution is 2.38. The molecule has 3 aliphatic heterocycles. The van der Waals surface area contributed by atoms with Gasteiger partial charge in [-0.05, 0) is 77.7 Å². The SMILES string of the molecule is COc1ccc(S(=O)(=O)N(CCO)CCO[C@@H]2C[C@H](c3ccsc3)C=C(C(=O)N3CCC4(CC3)C(=O)NCN4c3ccccc3)O2)cc1. The molecule has 256 valence electrons. The molecular formula is C34H40N4O8S2. The average molecular weight is 697 g/mol. The summed E-state index contributed by atoms with van der Waals surface area (Å²) < 4.78 is 45.2. The number of amides is 2. The third kappa shape index (κ3) is 6.94. The Bertz CT molecular complexity index is 1690. The number of allylic oxidation sites excluding steroid dienone is 1. The number of anilines is 1. The summed E-state index contributed by atoms with van der Waals surface area (Å²) in [5.41, 5.74) is 1.27.